The highest BCUT2D eigenvalue weighted by Gasteiger charge is 2.51. The SMILES string of the molecule is O=C(O[C@H]1C[N+]2(CCOCc3ccccc3)CCC1CC2)C(O)(c1cccs1)c1cccs1.[Br-]. The highest BCUT2D eigenvalue weighted by molar-refractivity contribution is 7.12. The summed E-state index contributed by atoms with van der Waals surface area (Å²) in [6.45, 7) is 5.25. The summed E-state index contributed by atoms with van der Waals surface area (Å²) < 4.78 is 13.0. The summed E-state index contributed by atoms with van der Waals surface area (Å²) in [6.07, 6.45) is 1.93. The van der Waals surface area contributed by atoms with Gasteiger partial charge >= 0.3 is 5.97 Å². The Kier molecular flexibility index (Phi) is 8.28. The van der Waals surface area contributed by atoms with Crippen molar-refractivity contribution < 1.29 is 40.8 Å². The second-order valence-corrected chi connectivity index (χ2v) is 11.1. The molecular weight excluding hydrogens is 534 g/mol. The standard InChI is InChI=1S/C26H30NO4S2.BrH/c28-25(26(29,23-8-4-16-32-23)24-9-5-17-33-24)31-22-18-27(12-10-21(22)11-13-27)14-15-30-19-20-6-2-1-3-7-20;/h1-9,16-17,21-22,29H,10-15,18-19H2;1H/q+1;/p-1/t21?,22-,27?;/m0./s1. The van der Waals surface area contributed by atoms with E-state index in [-0.39, 0.29) is 23.1 Å². The van der Waals surface area contributed by atoms with Gasteiger partial charge in [-0.3, -0.25) is 0 Å². The van der Waals surface area contributed by atoms with Gasteiger partial charge in [-0.2, -0.15) is 0 Å². The van der Waals surface area contributed by atoms with Crippen molar-refractivity contribution in [3.63, 3.8) is 0 Å². The first-order valence-corrected chi connectivity index (χ1v) is 13.3. The van der Waals surface area contributed by atoms with Crippen molar-refractivity contribution in [2.75, 3.05) is 32.8 Å². The number of halogens is 1. The second kappa shape index (κ2) is 11.0. The van der Waals surface area contributed by atoms with E-state index in [1.165, 1.54) is 28.2 Å². The third kappa shape index (κ3) is 5.17. The van der Waals surface area contributed by atoms with Gasteiger partial charge in [-0.05, 0) is 28.5 Å². The number of thiophene rings is 2. The number of piperidine rings is 3. The molecule has 5 nitrogen and oxygen atoms in total. The van der Waals surface area contributed by atoms with Crippen molar-refractivity contribution in [1.29, 1.82) is 0 Å². The minimum absolute atomic E-state index is 0. The summed E-state index contributed by atoms with van der Waals surface area (Å²) in [5.41, 5.74) is -0.555. The van der Waals surface area contributed by atoms with Crippen LogP contribution in [-0.4, -0.2) is 54.4 Å². The molecule has 0 spiro atoms. The van der Waals surface area contributed by atoms with Crippen LogP contribution in [0.25, 0.3) is 0 Å². The number of carbonyl (C=O) groups is 1. The number of fused-ring (bicyclic) bond motifs is 3. The van der Waals surface area contributed by atoms with Crippen molar-refractivity contribution >= 4 is 28.6 Å². The highest BCUT2D eigenvalue weighted by atomic mass is 79.9. The van der Waals surface area contributed by atoms with Crippen LogP contribution >= 0.6 is 22.7 Å². The number of carbonyl (C=O) groups excluding carboxylic acids is 1. The van der Waals surface area contributed by atoms with Gasteiger partial charge in [-0.15, -0.1) is 22.7 Å². The molecule has 1 N–H and O–H groups in total. The Morgan fingerprint density at radius 2 is 1.65 bits per heavy atom. The van der Waals surface area contributed by atoms with Gasteiger partial charge in [-0.1, -0.05) is 42.5 Å². The predicted molar refractivity (Wildman–Crippen MR) is 130 cm³/mol. The minimum atomic E-state index is -1.74. The van der Waals surface area contributed by atoms with Crippen LogP contribution < -0.4 is 17.0 Å². The van der Waals surface area contributed by atoms with Crippen molar-refractivity contribution in [1.82, 2.24) is 0 Å². The quantitative estimate of drug-likeness (QED) is 0.243. The van der Waals surface area contributed by atoms with E-state index in [0.717, 1.165) is 43.5 Å². The summed E-state index contributed by atoms with van der Waals surface area (Å²) in [5.74, 6) is -0.181. The Bertz CT molecular complexity index is 1000. The lowest BCUT2D eigenvalue weighted by Gasteiger charge is -2.52. The Hall–Kier alpha value is -1.55. The fourth-order valence-electron chi connectivity index (χ4n) is 5.21. The van der Waals surface area contributed by atoms with Crippen molar-refractivity contribution in [3.8, 4) is 0 Å². The van der Waals surface area contributed by atoms with Gasteiger partial charge in [0.1, 0.15) is 13.1 Å². The number of aliphatic hydroxyl groups is 1. The van der Waals surface area contributed by atoms with Crippen molar-refractivity contribution in [3.05, 3.63) is 80.7 Å². The third-order valence-electron chi connectivity index (χ3n) is 7.17. The molecular formula is C26H30BrNO4S2. The topological polar surface area (TPSA) is 55.8 Å². The number of esters is 1. The maximum atomic E-state index is 13.4. The maximum Gasteiger partial charge on any atom is 0.349 e. The molecule has 0 saturated carbocycles. The summed E-state index contributed by atoms with van der Waals surface area (Å²) in [7, 11) is 0. The third-order valence-corrected chi connectivity index (χ3v) is 9.13. The lowest BCUT2D eigenvalue weighted by molar-refractivity contribution is -0.946. The zero-order valence-corrected chi connectivity index (χ0v) is 22.2. The van der Waals surface area contributed by atoms with Crippen LogP contribution in [0.5, 0.6) is 0 Å². The number of hydrogen-bond donors (Lipinski definition) is 1. The van der Waals surface area contributed by atoms with Crippen LogP contribution in [0.4, 0.5) is 0 Å². The van der Waals surface area contributed by atoms with Crippen LogP contribution in [0.3, 0.4) is 0 Å². The van der Waals surface area contributed by atoms with E-state index in [0.29, 0.717) is 28.9 Å². The first-order chi connectivity index (χ1) is 16.1. The molecule has 8 heteroatoms. The zero-order chi connectivity index (χ0) is 22.7. The van der Waals surface area contributed by atoms with E-state index >= 15 is 0 Å². The molecule has 3 aromatic rings. The smallest absolute Gasteiger partial charge is 0.349 e. The molecule has 2 aromatic heterocycles. The number of nitrogens with zero attached hydrogens (tertiary/aromatic N) is 1. The molecule has 0 amide bonds. The molecule has 3 saturated heterocycles. The molecule has 3 aliphatic rings. The number of quaternary nitrogens is 1. The fraction of sp³-hybridized carbons (Fsp3) is 0.423. The average Bonchev–Trinajstić information content (AvgIpc) is 3.58. The highest BCUT2D eigenvalue weighted by Crippen LogP contribution is 2.40. The lowest BCUT2D eigenvalue weighted by atomic mass is 9.83. The van der Waals surface area contributed by atoms with Crippen LogP contribution in [-0.2, 0) is 26.5 Å². The van der Waals surface area contributed by atoms with E-state index in [1.54, 1.807) is 12.1 Å². The van der Waals surface area contributed by atoms with Crippen LogP contribution in [0, 0.1) is 5.92 Å². The molecule has 0 radical (unpaired) electrons. The van der Waals surface area contributed by atoms with Gasteiger partial charge in [0.05, 0.1) is 36.1 Å². The number of benzene rings is 1. The molecule has 2 bridgehead atoms. The van der Waals surface area contributed by atoms with Gasteiger partial charge < -0.3 is 36.0 Å². The molecule has 1 aromatic carbocycles. The monoisotopic (exact) mass is 563 g/mol. The Labute approximate surface area is 219 Å². The average molecular weight is 565 g/mol. The number of ether oxygens (including phenoxy) is 2. The van der Waals surface area contributed by atoms with E-state index in [2.05, 4.69) is 12.1 Å². The normalized spacial score (nSPS) is 23.9. The predicted octanol–water partition coefficient (Wildman–Crippen LogP) is 1.42. The van der Waals surface area contributed by atoms with Gasteiger partial charge in [0.15, 0.2) is 6.10 Å². The minimum Gasteiger partial charge on any atom is -1.00 e. The van der Waals surface area contributed by atoms with Crippen LogP contribution in [0.1, 0.15) is 28.2 Å². The molecule has 3 aliphatic heterocycles. The van der Waals surface area contributed by atoms with Crippen LogP contribution in [0.15, 0.2) is 65.4 Å². The molecule has 3 fully saturated rings. The molecule has 182 valence electrons. The molecule has 0 aliphatic carbocycles. The van der Waals surface area contributed by atoms with Crippen LogP contribution in [0.2, 0.25) is 0 Å². The van der Waals surface area contributed by atoms with Gasteiger partial charge in [0.25, 0.3) is 0 Å². The molecule has 6 rings (SSSR count). The van der Waals surface area contributed by atoms with Crippen molar-refractivity contribution in [2.24, 2.45) is 5.92 Å². The Morgan fingerprint density at radius 1 is 1.00 bits per heavy atom. The Balaban J connectivity index is 0.00000274. The summed E-state index contributed by atoms with van der Waals surface area (Å²) in [5, 5.41) is 15.3. The van der Waals surface area contributed by atoms with E-state index in [1.807, 2.05) is 41.1 Å². The molecule has 1 atom stereocenters. The largest absolute Gasteiger partial charge is 1.00 e. The van der Waals surface area contributed by atoms with Gasteiger partial charge in [0.2, 0.25) is 5.60 Å². The first-order valence-electron chi connectivity index (χ1n) is 11.6. The lowest BCUT2D eigenvalue weighted by Crippen LogP contribution is -3.00. The number of hydrogen-bond acceptors (Lipinski definition) is 6. The molecule has 0 unspecified atom stereocenters. The first kappa shape index (κ1) is 25.5. The maximum absolute atomic E-state index is 13.4. The Morgan fingerprint density at radius 3 is 2.24 bits per heavy atom. The van der Waals surface area contributed by atoms with E-state index < -0.39 is 11.6 Å². The number of rotatable bonds is 9. The molecule has 5 heterocycles. The zero-order valence-electron chi connectivity index (χ0n) is 19.0. The van der Waals surface area contributed by atoms with Crippen molar-refractivity contribution in [2.45, 2.75) is 31.2 Å². The fourth-order valence-corrected chi connectivity index (χ4v) is 6.92. The summed E-state index contributed by atoms with van der Waals surface area (Å²) >= 11 is 2.76. The van der Waals surface area contributed by atoms with E-state index in [4.69, 9.17) is 9.47 Å². The second-order valence-electron chi connectivity index (χ2n) is 9.18. The molecule has 34 heavy (non-hydrogen) atoms. The van der Waals surface area contributed by atoms with Gasteiger partial charge in [-0.25, -0.2) is 4.79 Å². The van der Waals surface area contributed by atoms with E-state index in [9.17, 15) is 9.90 Å². The summed E-state index contributed by atoms with van der Waals surface area (Å²) in [6, 6.07) is 17.6. The van der Waals surface area contributed by atoms with Gasteiger partial charge in [0, 0.05) is 18.8 Å². The summed E-state index contributed by atoms with van der Waals surface area (Å²) in [4.78, 5) is 14.6.